The van der Waals surface area contributed by atoms with Crippen molar-refractivity contribution >= 4 is 11.6 Å². The third-order valence-corrected chi connectivity index (χ3v) is 4.34. The van der Waals surface area contributed by atoms with E-state index in [1.807, 2.05) is 20.9 Å². The van der Waals surface area contributed by atoms with Crippen molar-refractivity contribution in [3.05, 3.63) is 11.4 Å². The standard InChI is InChI=1S/C15H26N4O2/c1-10-15(11(2)18(4)17-10)16-14(21)9-19-8-6-5-7-13(19)12(3)20/h12-13,20H,5-9H2,1-4H3,(H,16,21)/t12-,13+/m1/s1. The van der Waals surface area contributed by atoms with E-state index in [2.05, 4.69) is 15.3 Å². The summed E-state index contributed by atoms with van der Waals surface area (Å²) in [4.78, 5) is 14.4. The van der Waals surface area contributed by atoms with Gasteiger partial charge in [-0.05, 0) is 40.2 Å². The highest BCUT2D eigenvalue weighted by atomic mass is 16.3. The van der Waals surface area contributed by atoms with Crippen molar-refractivity contribution < 1.29 is 9.90 Å². The average Bonchev–Trinajstić information content (AvgIpc) is 2.66. The number of aryl methyl sites for hydroxylation is 2. The predicted molar refractivity (Wildman–Crippen MR) is 82.2 cm³/mol. The van der Waals surface area contributed by atoms with Gasteiger partial charge in [-0.2, -0.15) is 5.10 Å². The average molecular weight is 294 g/mol. The van der Waals surface area contributed by atoms with Gasteiger partial charge in [0, 0.05) is 13.1 Å². The number of aliphatic hydroxyl groups excluding tert-OH is 1. The first-order valence-electron chi connectivity index (χ1n) is 7.62. The summed E-state index contributed by atoms with van der Waals surface area (Å²) in [7, 11) is 1.87. The molecule has 0 radical (unpaired) electrons. The monoisotopic (exact) mass is 294 g/mol. The largest absolute Gasteiger partial charge is 0.392 e. The molecule has 2 heterocycles. The molecule has 0 aliphatic carbocycles. The van der Waals surface area contributed by atoms with Crippen LogP contribution in [0, 0.1) is 13.8 Å². The zero-order valence-corrected chi connectivity index (χ0v) is 13.4. The number of anilines is 1. The number of likely N-dealkylation sites (tertiary alicyclic amines) is 1. The molecule has 1 aromatic rings. The minimum absolute atomic E-state index is 0.0400. The van der Waals surface area contributed by atoms with E-state index in [1.54, 1.807) is 11.6 Å². The quantitative estimate of drug-likeness (QED) is 0.876. The maximum atomic E-state index is 12.3. The number of hydrogen-bond acceptors (Lipinski definition) is 4. The number of piperidine rings is 1. The van der Waals surface area contributed by atoms with E-state index in [4.69, 9.17) is 0 Å². The van der Waals surface area contributed by atoms with Crippen LogP contribution in [0.25, 0.3) is 0 Å². The highest BCUT2D eigenvalue weighted by Crippen LogP contribution is 2.21. The molecule has 0 bridgehead atoms. The lowest BCUT2D eigenvalue weighted by Crippen LogP contribution is -2.48. The Balaban J connectivity index is 2.00. The van der Waals surface area contributed by atoms with E-state index < -0.39 is 6.10 Å². The Hall–Kier alpha value is -1.40. The number of amides is 1. The second-order valence-corrected chi connectivity index (χ2v) is 5.99. The zero-order chi connectivity index (χ0) is 15.6. The fourth-order valence-corrected chi connectivity index (χ4v) is 3.08. The van der Waals surface area contributed by atoms with Crippen LogP contribution in [0.5, 0.6) is 0 Å². The van der Waals surface area contributed by atoms with Crippen molar-refractivity contribution in [3.8, 4) is 0 Å². The van der Waals surface area contributed by atoms with Gasteiger partial charge in [0.05, 0.1) is 29.7 Å². The summed E-state index contributed by atoms with van der Waals surface area (Å²) < 4.78 is 1.77. The normalized spacial score (nSPS) is 21.3. The SMILES string of the molecule is Cc1nn(C)c(C)c1NC(=O)CN1CCCC[C@H]1[C@@H](C)O. The van der Waals surface area contributed by atoms with E-state index in [-0.39, 0.29) is 11.9 Å². The topological polar surface area (TPSA) is 70.4 Å². The van der Waals surface area contributed by atoms with Crippen molar-refractivity contribution in [1.29, 1.82) is 0 Å². The van der Waals surface area contributed by atoms with Gasteiger partial charge in [0.15, 0.2) is 0 Å². The van der Waals surface area contributed by atoms with E-state index >= 15 is 0 Å². The molecule has 1 fully saturated rings. The van der Waals surface area contributed by atoms with Crippen LogP contribution in [0.4, 0.5) is 5.69 Å². The van der Waals surface area contributed by atoms with E-state index in [0.717, 1.165) is 42.9 Å². The first kappa shape index (κ1) is 16.0. The Morgan fingerprint density at radius 2 is 2.19 bits per heavy atom. The lowest BCUT2D eigenvalue weighted by atomic mass is 9.98. The molecule has 6 heteroatoms. The summed E-state index contributed by atoms with van der Waals surface area (Å²) in [6.45, 7) is 6.82. The van der Waals surface area contributed by atoms with Crippen LogP contribution >= 0.6 is 0 Å². The van der Waals surface area contributed by atoms with Crippen LogP contribution in [0.2, 0.25) is 0 Å². The van der Waals surface area contributed by atoms with Crippen LogP contribution < -0.4 is 5.32 Å². The van der Waals surface area contributed by atoms with Gasteiger partial charge in [-0.3, -0.25) is 14.4 Å². The van der Waals surface area contributed by atoms with Crippen molar-refractivity contribution in [2.24, 2.45) is 7.05 Å². The van der Waals surface area contributed by atoms with Gasteiger partial charge in [-0.15, -0.1) is 0 Å². The second kappa shape index (κ2) is 6.58. The van der Waals surface area contributed by atoms with E-state index in [0.29, 0.717) is 6.54 Å². The number of nitrogens with one attached hydrogen (secondary N) is 1. The van der Waals surface area contributed by atoms with E-state index in [1.165, 1.54) is 0 Å². The molecule has 21 heavy (non-hydrogen) atoms. The molecule has 2 atom stereocenters. The minimum Gasteiger partial charge on any atom is -0.392 e. The minimum atomic E-state index is -0.403. The molecule has 1 saturated heterocycles. The molecule has 0 aromatic carbocycles. The molecule has 6 nitrogen and oxygen atoms in total. The first-order chi connectivity index (χ1) is 9.90. The summed E-state index contributed by atoms with van der Waals surface area (Å²) in [5.41, 5.74) is 2.58. The molecule has 2 rings (SSSR count). The van der Waals surface area contributed by atoms with Gasteiger partial charge in [0.2, 0.25) is 5.91 Å². The molecular formula is C15H26N4O2. The lowest BCUT2D eigenvalue weighted by Gasteiger charge is -2.36. The Bertz CT molecular complexity index is 510. The van der Waals surface area contributed by atoms with Gasteiger partial charge in [0.1, 0.15) is 0 Å². The molecule has 1 aliphatic rings. The summed E-state index contributed by atoms with van der Waals surface area (Å²) in [5.74, 6) is -0.0400. The van der Waals surface area contributed by atoms with Crippen LogP contribution in [0.15, 0.2) is 0 Å². The van der Waals surface area contributed by atoms with Crippen LogP contribution in [0.1, 0.15) is 37.6 Å². The molecule has 2 N–H and O–H groups in total. The summed E-state index contributed by atoms with van der Waals surface area (Å²) in [6, 6.07) is 0.0839. The fourth-order valence-electron chi connectivity index (χ4n) is 3.08. The van der Waals surface area contributed by atoms with Gasteiger partial charge in [-0.25, -0.2) is 0 Å². The number of aromatic nitrogens is 2. The van der Waals surface area contributed by atoms with Crippen LogP contribution in [0.3, 0.4) is 0 Å². The number of carbonyl (C=O) groups excluding carboxylic acids is 1. The molecule has 118 valence electrons. The van der Waals surface area contributed by atoms with Crippen LogP contribution in [-0.2, 0) is 11.8 Å². The molecular weight excluding hydrogens is 268 g/mol. The highest BCUT2D eigenvalue weighted by molar-refractivity contribution is 5.93. The van der Waals surface area contributed by atoms with Gasteiger partial charge < -0.3 is 10.4 Å². The molecule has 0 unspecified atom stereocenters. The van der Waals surface area contributed by atoms with Crippen molar-refractivity contribution in [2.75, 3.05) is 18.4 Å². The second-order valence-electron chi connectivity index (χ2n) is 5.99. The Labute approximate surface area is 126 Å². The molecule has 0 saturated carbocycles. The van der Waals surface area contributed by atoms with Crippen molar-refractivity contribution in [3.63, 3.8) is 0 Å². The van der Waals surface area contributed by atoms with Gasteiger partial charge >= 0.3 is 0 Å². The molecule has 1 aromatic heterocycles. The smallest absolute Gasteiger partial charge is 0.238 e. The number of rotatable bonds is 4. The third-order valence-electron chi connectivity index (χ3n) is 4.34. The third kappa shape index (κ3) is 3.63. The predicted octanol–water partition coefficient (Wildman–Crippen LogP) is 1.21. The number of carbonyl (C=O) groups is 1. The summed E-state index contributed by atoms with van der Waals surface area (Å²) >= 11 is 0. The molecule has 1 aliphatic heterocycles. The molecule has 1 amide bonds. The van der Waals surface area contributed by atoms with Gasteiger partial charge in [-0.1, -0.05) is 6.42 Å². The van der Waals surface area contributed by atoms with E-state index in [9.17, 15) is 9.90 Å². The summed E-state index contributed by atoms with van der Waals surface area (Å²) in [6.07, 6.45) is 2.76. The molecule has 0 spiro atoms. The van der Waals surface area contributed by atoms with Crippen molar-refractivity contribution in [1.82, 2.24) is 14.7 Å². The van der Waals surface area contributed by atoms with Gasteiger partial charge in [0.25, 0.3) is 0 Å². The Kier molecular flexibility index (Phi) is 5.00. The lowest BCUT2D eigenvalue weighted by molar-refractivity contribution is -0.118. The Morgan fingerprint density at radius 3 is 2.76 bits per heavy atom. The number of nitrogens with zero attached hydrogens (tertiary/aromatic N) is 3. The maximum absolute atomic E-state index is 12.3. The number of aliphatic hydroxyl groups is 1. The first-order valence-corrected chi connectivity index (χ1v) is 7.62. The zero-order valence-electron chi connectivity index (χ0n) is 13.4. The highest BCUT2D eigenvalue weighted by Gasteiger charge is 2.28. The van der Waals surface area contributed by atoms with Crippen LogP contribution in [-0.4, -0.2) is 50.9 Å². The maximum Gasteiger partial charge on any atom is 0.238 e. The fraction of sp³-hybridized carbons (Fsp3) is 0.733. The Morgan fingerprint density at radius 1 is 1.48 bits per heavy atom. The summed E-state index contributed by atoms with van der Waals surface area (Å²) in [5, 5.41) is 17.1. The number of hydrogen-bond donors (Lipinski definition) is 2. The van der Waals surface area contributed by atoms with Crippen molar-refractivity contribution in [2.45, 2.75) is 52.2 Å².